The highest BCUT2D eigenvalue weighted by molar-refractivity contribution is 5.92. The van der Waals surface area contributed by atoms with Crippen LogP contribution in [0.3, 0.4) is 0 Å². The van der Waals surface area contributed by atoms with Crippen molar-refractivity contribution in [2.45, 2.75) is 13.0 Å². The molecule has 4 aromatic rings. The van der Waals surface area contributed by atoms with Crippen molar-refractivity contribution >= 4 is 17.6 Å². The number of carbonyl (C=O) groups is 2. The number of rotatable bonds is 4. The van der Waals surface area contributed by atoms with Gasteiger partial charge in [-0.05, 0) is 55.5 Å². The van der Waals surface area contributed by atoms with Crippen molar-refractivity contribution in [3.63, 3.8) is 0 Å². The van der Waals surface area contributed by atoms with Gasteiger partial charge in [-0.1, -0.05) is 24.3 Å². The zero-order valence-corrected chi connectivity index (χ0v) is 20.7. The molecule has 5 rings (SSSR count). The molecule has 0 spiro atoms. The maximum Gasteiger partial charge on any atom is 0.343 e. The average Bonchev–Trinajstić information content (AvgIpc) is 2.96. The van der Waals surface area contributed by atoms with Crippen molar-refractivity contribution in [3.05, 3.63) is 113 Å². The second kappa shape index (κ2) is 10.8. The van der Waals surface area contributed by atoms with E-state index in [1.54, 1.807) is 72.8 Å². The van der Waals surface area contributed by atoms with Crippen LogP contribution in [0, 0.1) is 17.9 Å². The molecule has 1 atom stereocenters. The molecule has 190 valence electrons. The fourth-order valence-corrected chi connectivity index (χ4v) is 3.94. The largest absolute Gasteiger partial charge is 0.489 e. The molecular weight excluding hydrogens is 496 g/mol. The molecule has 0 radical (unpaired) electrons. The highest BCUT2D eigenvalue weighted by atomic mass is 16.6. The Morgan fingerprint density at radius 2 is 1.38 bits per heavy atom. The molecule has 8 nitrogen and oxygen atoms in total. The van der Waals surface area contributed by atoms with E-state index in [1.807, 2.05) is 13.0 Å². The molecule has 0 bridgehead atoms. The summed E-state index contributed by atoms with van der Waals surface area (Å²) in [4.78, 5) is 28.5. The van der Waals surface area contributed by atoms with Gasteiger partial charge in [0.05, 0.1) is 29.3 Å². The van der Waals surface area contributed by atoms with Crippen molar-refractivity contribution < 1.29 is 28.5 Å². The summed E-state index contributed by atoms with van der Waals surface area (Å²) < 4.78 is 23.1. The summed E-state index contributed by atoms with van der Waals surface area (Å²) in [6.45, 7) is 9.12. The number of hydrogen-bond acceptors (Lipinski definition) is 7. The lowest BCUT2D eigenvalue weighted by atomic mass is 10.0. The molecule has 0 amide bonds. The predicted octanol–water partition coefficient (Wildman–Crippen LogP) is 6.37. The minimum atomic E-state index is -0.558. The Bertz CT molecular complexity index is 1650. The molecule has 39 heavy (non-hydrogen) atoms. The molecule has 8 heteroatoms. The standard InChI is InChI=1S/C31H20N2O6/c1-19-18-36-28-15-24(38-31(35)22-7-9-23(33-2)10-8-22)11-13-26(28)27-14-12-25(16-29(27)37-19)39-30(34)21-5-3-20(17-32)4-6-21/h3-16,19H,18H2,1H3/t19-/m1/s1. The van der Waals surface area contributed by atoms with Gasteiger partial charge in [0.25, 0.3) is 0 Å². The molecular formula is C31H20N2O6. The fraction of sp³-hybridized carbons (Fsp3) is 0.0968. The van der Waals surface area contributed by atoms with Gasteiger partial charge in [0.15, 0.2) is 5.69 Å². The summed E-state index contributed by atoms with van der Waals surface area (Å²) in [5, 5.41) is 8.95. The van der Waals surface area contributed by atoms with Crippen LogP contribution in [0.2, 0.25) is 0 Å². The summed E-state index contributed by atoms with van der Waals surface area (Å²) in [5.74, 6) is 0.495. The van der Waals surface area contributed by atoms with Crippen molar-refractivity contribution in [3.8, 4) is 40.2 Å². The zero-order chi connectivity index (χ0) is 27.4. The first-order chi connectivity index (χ1) is 18.9. The third kappa shape index (κ3) is 5.56. The van der Waals surface area contributed by atoms with Crippen LogP contribution in [0.1, 0.15) is 33.2 Å². The van der Waals surface area contributed by atoms with Crippen LogP contribution in [-0.2, 0) is 0 Å². The van der Waals surface area contributed by atoms with Gasteiger partial charge >= 0.3 is 11.9 Å². The lowest BCUT2D eigenvalue weighted by Crippen LogP contribution is -2.23. The SMILES string of the molecule is [C-]#[N+]c1ccc(C(=O)Oc2ccc3c(c2)OC[C@@H](C)Oc2cc(OC(=O)c4ccc(C#N)cc4)ccc2-3)cc1. The van der Waals surface area contributed by atoms with E-state index in [0.717, 1.165) is 0 Å². The number of esters is 2. The molecule has 0 fully saturated rings. The van der Waals surface area contributed by atoms with E-state index >= 15 is 0 Å². The van der Waals surface area contributed by atoms with Gasteiger partial charge in [0.1, 0.15) is 35.7 Å². The van der Waals surface area contributed by atoms with Crippen molar-refractivity contribution in [1.82, 2.24) is 0 Å². The minimum Gasteiger partial charge on any atom is -0.489 e. The Labute approximate surface area is 224 Å². The Morgan fingerprint density at radius 3 is 1.95 bits per heavy atom. The van der Waals surface area contributed by atoms with Crippen LogP contribution in [0.5, 0.6) is 23.0 Å². The van der Waals surface area contributed by atoms with Gasteiger partial charge in [-0.25, -0.2) is 14.4 Å². The van der Waals surface area contributed by atoms with Gasteiger partial charge in [0, 0.05) is 23.3 Å². The van der Waals surface area contributed by atoms with Gasteiger partial charge < -0.3 is 18.9 Å². The summed E-state index contributed by atoms with van der Waals surface area (Å²) in [6.07, 6.45) is -0.325. The number of fused-ring (bicyclic) bond motifs is 3. The van der Waals surface area contributed by atoms with E-state index < -0.39 is 11.9 Å². The highest BCUT2D eigenvalue weighted by Gasteiger charge is 2.21. The smallest absolute Gasteiger partial charge is 0.343 e. The van der Waals surface area contributed by atoms with E-state index in [2.05, 4.69) is 4.85 Å². The van der Waals surface area contributed by atoms with Crippen LogP contribution >= 0.6 is 0 Å². The van der Waals surface area contributed by atoms with E-state index in [1.165, 1.54) is 12.1 Å². The Kier molecular flexibility index (Phi) is 6.94. The molecule has 0 saturated carbocycles. The van der Waals surface area contributed by atoms with Crippen LogP contribution in [0.15, 0.2) is 84.9 Å². The fourth-order valence-electron chi connectivity index (χ4n) is 3.94. The summed E-state index contributed by atoms with van der Waals surface area (Å²) in [7, 11) is 0. The van der Waals surface area contributed by atoms with Crippen LogP contribution in [0.25, 0.3) is 16.0 Å². The lowest BCUT2D eigenvalue weighted by molar-refractivity contribution is 0.0723. The Hall–Kier alpha value is -5.60. The second-order valence-electron chi connectivity index (χ2n) is 8.68. The summed E-state index contributed by atoms with van der Waals surface area (Å²) in [6, 6.07) is 24.5. The predicted molar refractivity (Wildman–Crippen MR) is 141 cm³/mol. The molecule has 0 aliphatic carbocycles. The van der Waals surface area contributed by atoms with Gasteiger partial charge in [-0.2, -0.15) is 5.26 Å². The molecule has 0 N–H and O–H groups in total. The third-order valence-electron chi connectivity index (χ3n) is 5.90. The quantitative estimate of drug-likeness (QED) is 0.176. The normalized spacial score (nSPS) is 13.5. The molecule has 1 heterocycles. The maximum atomic E-state index is 12.6. The highest BCUT2D eigenvalue weighted by Crippen LogP contribution is 2.42. The number of nitriles is 1. The first-order valence-corrected chi connectivity index (χ1v) is 11.9. The number of nitrogens with zero attached hydrogens (tertiary/aromatic N) is 2. The molecule has 1 aliphatic heterocycles. The van der Waals surface area contributed by atoms with Gasteiger partial charge in [0.2, 0.25) is 0 Å². The molecule has 4 aromatic carbocycles. The first-order valence-electron chi connectivity index (χ1n) is 11.9. The van der Waals surface area contributed by atoms with E-state index in [-0.39, 0.29) is 12.7 Å². The van der Waals surface area contributed by atoms with Gasteiger partial charge in [-0.15, -0.1) is 0 Å². The van der Waals surface area contributed by atoms with E-state index in [0.29, 0.717) is 56.5 Å². The lowest BCUT2D eigenvalue weighted by Gasteiger charge is -2.24. The molecule has 0 aromatic heterocycles. The number of ether oxygens (including phenoxy) is 4. The monoisotopic (exact) mass is 516 g/mol. The molecule has 1 aliphatic rings. The van der Waals surface area contributed by atoms with Crippen molar-refractivity contribution in [1.29, 1.82) is 5.26 Å². The summed E-state index contributed by atoms with van der Waals surface area (Å²) in [5.41, 5.74) is 2.95. The number of hydrogen-bond donors (Lipinski definition) is 0. The van der Waals surface area contributed by atoms with Crippen molar-refractivity contribution in [2.75, 3.05) is 6.61 Å². The Morgan fingerprint density at radius 1 is 0.846 bits per heavy atom. The topological polar surface area (TPSA) is 99.2 Å². The maximum absolute atomic E-state index is 12.6. The third-order valence-corrected chi connectivity index (χ3v) is 5.90. The van der Waals surface area contributed by atoms with Crippen LogP contribution in [-0.4, -0.2) is 24.6 Å². The Balaban J connectivity index is 1.39. The number of carbonyl (C=O) groups excluding carboxylic acids is 2. The summed E-state index contributed by atoms with van der Waals surface area (Å²) >= 11 is 0. The van der Waals surface area contributed by atoms with Crippen LogP contribution in [0.4, 0.5) is 5.69 Å². The van der Waals surface area contributed by atoms with E-state index in [4.69, 9.17) is 30.8 Å². The van der Waals surface area contributed by atoms with Crippen molar-refractivity contribution in [2.24, 2.45) is 0 Å². The first kappa shape index (κ1) is 25.1. The van der Waals surface area contributed by atoms with Crippen LogP contribution < -0.4 is 18.9 Å². The molecule has 0 saturated heterocycles. The average molecular weight is 517 g/mol. The second-order valence-corrected chi connectivity index (χ2v) is 8.68. The van der Waals surface area contributed by atoms with Gasteiger partial charge in [-0.3, -0.25) is 0 Å². The zero-order valence-electron chi connectivity index (χ0n) is 20.7. The molecule has 0 unspecified atom stereocenters. The minimum absolute atomic E-state index is 0.233. The number of benzene rings is 4. The van der Waals surface area contributed by atoms with E-state index in [9.17, 15) is 9.59 Å².